The van der Waals surface area contributed by atoms with E-state index in [0.29, 0.717) is 0 Å². The second-order valence-electron chi connectivity index (χ2n) is 6.69. The van der Waals surface area contributed by atoms with Gasteiger partial charge in [0.25, 0.3) is 0 Å². The van der Waals surface area contributed by atoms with Crippen molar-refractivity contribution < 1.29 is 14.6 Å². The van der Waals surface area contributed by atoms with Gasteiger partial charge in [-0.25, -0.2) is 4.79 Å². The predicted molar refractivity (Wildman–Crippen MR) is 89.1 cm³/mol. The van der Waals surface area contributed by atoms with Crippen molar-refractivity contribution in [3.05, 3.63) is 46.8 Å². The molecule has 4 rings (SSSR count). The highest BCUT2D eigenvalue weighted by molar-refractivity contribution is 5.85. The quantitative estimate of drug-likeness (QED) is 0.886. The molecule has 2 aliphatic heterocycles. The molecule has 1 aromatic carbocycles. The second kappa shape index (κ2) is 5.63. The van der Waals surface area contributed by atoms with E-state index < -0.39 is 5.97 Å². The summed E-state index contributed by atoms with van der Waals surface area (Å²) in [5, 5.41) is 16.9. The van der Waals surface area contributed by atoms with Crippen molar-refractivity contribution >= 4 is 11.7 Å². The number of nitrogens with one attached hydrogen (secondary N) is 1. The minimum absolute atomic E-state index is 0.00361. The minimum Gasteiger partial charge on any atom is -0.476 e. The maximum Gasteiger partial charge on any atom is 0.356 e. The van der Waals surface area contributed by atoms with Crippen LogP contribution in [0.25, 0.3) is 0 Å². The van der Waals surface area contributed by atoms with Crippen LogP contribution in [-0.2, 0) is 11.8 Å². The van der Waals surface area contributed by atoms with E-state index in [9.17, 15) is 9.90 Å². The van der Waals surface area contributed by atoms with Crippen molar-refractivity contribution in [1.29, 1.82) is 0 Å². The van der Waals surface area contributed by atoms with Gasteiger partial charge in [0.05, 0.1) is 17.8 Å². The lowest BCUT2D eigenvalue weighted by Crippen LogP contribution is -2.36. The number of aromatic carboxylic acids is 1. The maximum absolute atomic E-state index is 11.2. The summed E-state index contributed by atoms with van der Waals surface area (Å²) in [6, 6.07) is 8.02. The molecule has 0 bridgehead atoms. The number of anilines is 1. The van der Waals surface area contributed by atoms with Crippen molar-refractivity contribution in [3.63, 3.8) is 0 Å². The van der Waals surface area contributed by atoms with Crippen LogP contribution in [0.15, 0.2) is 24.3 Å². The van der Waals surface area contributed by atoms with Crippen molar-refractivity contribution in [2.75, 3.05) is 11.9 Å². The fourth-order valence-corrected chi connectivity index (χ4v) is 3.96. The van der Waals surface area contributed by atoms with Crippen LogP contribution < -0.4 is 5.32 Å². The number of hydrogen-bond acceptors (Lipinski definition) is 4. The normalized spacial score (nSPS) is 25.5. The van der Waals surface area contributed by atoms with Gasteiger partial charge in [0, 0.05) is 30.8 Å². The lowest BCUT2D eigenvalue weighted by molar-refractivity contribution is -0.0389. The van der Waals surface area contributed by atoms with Gasteiger partial charge in [-0.05, 0) is 31.9 Å². The van der Waals surface area contributed by atoms with Gasteiger partial charge in [0.1, 0.15) is 0 Å². The van der Waals surface area contributed by atoms with Crippen molar-refractivity contribution in [2.24, 2.45) is 13.0 Å². The number of nitrogens with zero attached hydrogens (tertiary/aromatic N) is 2. The Morgan fingerprint density at radius 1 is 1.42 bits per heavy atom. The van der Waals surface area contributed by atoms with Crippen LogP contribution in [0.1, 0.15) is 52.3 Å². The molecule has 0 radical (unpaired) electrons. The number of carbonyl (C=O) groups is 1. The first-order valence-electron chi connectivity index (χ1n) is 8.30. The first-order valence-corrected chi connectivity index (χ1v) is 8.30. The van der Waals surface area contributed by atoms with Gasteiger partial charge in [-0.1, -0.05) is 17.7 Å². The maximum atomic E-state index is 11.2. The molecular formula is C18H21N3O3. The summed E-state index contributed by atoms with van der Waals surface area (Å²) in [6.45, 7) is 2.86. The van der Waals surface area contributed by atoms with E-state index in [1.807, 2.05) is 0 Å². The Bertz CT molecular complexity index is 799. The summed E-state index contributed by atoms with van der Waals surface area (Å²) < 4.78 is 7.80. The number of aryl methyl sites for hydroxylation is 2. The van der Waals surface area contributed by atoms with E-state index in [4.69, 9.17) is 4.74 Å². The molecule has 2 aliphatic rings. The Kier molecular flexibility index (Phi) is 3.57. The zero-order valence-corrected chi connectivity index (χ0v) is 13.8. The van der Waals surface area contributed by atoms with E-state index in [2.05, 4.69) is 35.5 Å². The Morgan fingerprint density at radius 2 is 2.25 bits per heavy atom. The molecule has 1 saturated heterocycles. The van der Waals surface area contributed by atoms with Crippen molar-refractivity contribution in [3.8, 4) is 0 Å². The van der Waals surface area contributed by atoms with Gasteiger partial charge in [-0.3, -0.25) is 4.68 Å². The van der Waals surface area contributed by atoms with E-state index >= 15 is 0 Å². The second-order valence-corrected chi connectivity index (χ2v) is 6.69. The largest absolute Gasteiger partial charge is 0.476 e. The summed E-state index contributed by atoms with van der Waals surface area (Å²) in [4.78, 5) is 11.2. The van der Waals surface area contributed by atoms with Gasteiger partial charge in [0.15, 0.2) is 5.69 Å². The monoisotopic (exact) mass is 327 g/mol. The van der Waals surface area contributed by atoms with Crippen LogP contribution in [0.5, 0.6) is 0 Å². The molecule has 2 aromatic rings. The minimum atomic E-state index is -1.000. The van der Waals surface area contributed by atoms with E-state index in [1.165, 1.54) is 11.1 Å². The molecule has 1 fully saturated rings. The summed E-state index contributed by atoms with van der Waals surface area (Å²) in [6.07, 6.45) is 2.11. The topological polar surface area (TPSA) is 76.4 Å². The number of ether oxygens (including phenoxy) is 1. The van der Waals surface area contributed by atoms with Crippen LogP contribution >= 0.6 is 0 Å². The Labute approximate surface area is 140 Å². The molecule has 0 aliphatic carbocycles. The number of benzene rings is 1. The van der Waals surface area contributed by atoms with Gasteiger partial charge >= 0.3 is 5.97 Å². The third-order valence-electron chi connectivity index (χ3n) is 5.07. The number of carboxylic acids is 1. The molecular weight excluding hydrogens is 306 g/mol. The van der Waals surface area contributed by atoms with Gasteiger partial charge in [0.2, 0.25) is 0 Å². The average Bonchev–Trinajstić information content (AvgIpc) is 2.96. The molecule has 3 atom stereocenters. The molecule has 0 unspecified atom stereocenters. The molecule has 0 saturated carbocycles. The number of fused-ring (bicyclic) bond motifs is 3. The summed E-state index contributed by atoms with van der Waals surface area (Å²) in [5.41, 5.74) is 4.45. The SMILES string of the molecule is Cc1ccc2c(c1)[C@@H]1OCCC[C@@H]1[C@@H](c1cc(C(=O)O)nn1C)N2. The highest BCUT2D eigenvalue weighted by Crippen LogP contribution is 2.49. The lowest BCUT2D eigenvalue weighted by atomic mass is 9.78. The number of carboxylic acid groups (broad SMARTS) is 1. The van der Waals surface area contributed by atoms with E-state index in [1.54, 1.807) is 17.8 Å². The summed E-state index contributed by atoms with van der Waals surface area (Å²) in [5.74, 6) is -0.731. The molecule has 2 N–H and O–H groups in total. The zero-order chi connectivity index (χ0) is 16.8. The molecule has 6 heteroatoms. The lowest BCUT2D eigenvalue weighted by Gasteiger charge is -2.43. The zero-order valence-electron chi connectivity index (χ0n) is 13.8. The Morgan fingerprint density at radius 3 is 3.00 bits per heavy atom. The van der Waals surface area contributed by atoms with Crippen LogP contribution in [0, 0.1) is 12.8 Å². The van der Waals surface area contributed by atoms with Crippen molar-refractivity contribution in [1.82, 2.24) is 9.78 Å². The highest BCUT2D eigenvalue weighted by Gasteiger charge is 2.41. The third kappa shape index (κ3) is 2.38. The molecule has 0 amide bonds. The molecule has 1 aromatic heterocycles. The standard InChI is InChI=1S/C18H21N3O3/c1-10-5-6-13-12(8-10)17-11(4-3-7-24-17)16(19-13)15-9-14(18(22)23)20-21(15)2/h5-6,8-9,11,16-17,19H,3-4,7H2,1-2H3,(H,22,23)/t11-,16+,17-/m1/s1. The molecule has 6 nitrogen and oxygen atoms in total. The molecule has 126 valence electrons. The fourth-order valence-electron chi connectivity index (χ4n) is 3.96. The number of hydrogen-bond donors (Lipinski definition) is 2. The summed E-state index contributed by atoms with van der Waals surface area (Å²) in [7, 11) is 1.80. The first kappa shape index (κ1) is 15.2. The van der Waals surface area contributed by atoms with Crippen LogP contribution in [-0.4, -0.2) is 27.5 Å². The van der Waals surface area contributed by atoms with Gasteiger partial charge in [-0.2, -0.15) is 5.10 Å². The Balaban J connectivity index is 1.79. The van der Waals surface area contributed by atoms with Gasteiger partial charge < -0.3 is 15.2 Å². The molecule has 3 heterocycles. The van der Waals surface area contributed by atoms with Crippen LogP contribution in [0.3, 0.4) is 0 Å². The smallest absolute Gasteiger partial charge is 0.356 e. The average molecular weight is 327 g/mol. The third-order valence-corrected chi connectivity index (χ3v) is 5.07. The first-order chi connectivity index (χ1) is 11.5. The van der Waals surface area contributed by atoms with E-state index in [-0.39, 0.29) is 23.8 Å². The molecule has 0 spiro atoms. The number of aromatic nitrogens is 2. The summed E-state index contributed by atoms with van der Waals surface area (Å²) >= 11 is 0. The van der Waals surface area contributed by atoms with Gasteiger partial charge in [-0.15, -0.1) is 0 Å². The number of rotatable bonds is 2. The van der Waals surface area contributed by atoms with Crippen molar-refractivity contribution in [2.45, 2.75) is 31.9 Å². The van der Waals surface area contributed by atoms with E-state index in [0.717, 1.165) is 30.8 Å². The van der Waals surface area contributed by atoms with Crippen LogP contribution in [0.4, 0.5) is 5.69 Å². The Hall–Kier alpha value is -2.34. The fraction of sp³-hybridized carbons (Fsp3) is 0.444. The van der Waals surface area contributed by atoms with Crippen LogP contribution in [0.2, 0.25) is 0 Å². The highest BCUT2D eigenvalue weighted by atomic mass is 16.5. The molecule has 24 heavy (non-hydrogen) atoms. The predicted octanol–water partition coefficient (Wildman–Crippen LogP) is 3.06.